The van der Waals surface area contributed by atoms with Crippen molar-refractivity contribution in [3.05, 3.63) is 33.1 Å². The Bertz CT molecular complexity index is 1200. The fourth-order valence-corrected chi connectivity index (χ4v) is 6.12. The lowest BCUT2D eigenvalue weighted by Crippen LogP contribution is -2.47. The minimum atomic E-state index is -1.03. The summed E-state index contributed by atoms with van der Waals surface area (Å²) in [6, 6.07) is 5.05. The Labute approximate surface area is 233 Å². The van der Waals surface area contributed by atoms with Gasteiger partial charge < -0.3 is 14.7 Å². The molecule has 1 N–H and O–H groups in total. The van der Waals surface area contributed by atoms with E-state index in [0.717, 1.165) is 49.9 Å². The minimum absolute atomic E-state index is 0.0421. The Hall–Kier alpha value is -2.63. The highest BCUT2D eigenvalue weighted by Gasteiger charge is 2.38. The average Bonchev–Trinajstić information content (AvgIpc) is 3.30. The lowest BCUT2D eigenvalue weighted by molar-refractivity contribution is -0.124. The first-order chi connectivity index (χ1) is 18.0. The van der Waals surface area contributed by atoms with Gasteiger partial charge in [0, 0.05) is 23.4 Å². The molecule has 0 spiro atoms. The molecule has 2 aromatic heterocycles. The summed E-state index contributed by atoms with van der Waals surface area (Å²) in [5.74, 6) is 6.31. The van der Waals surface area contributed by atoms with Crippen LogP contribution in [0.3, 0.4) is 0 Å². The van der Waals surface area contributed by atoms with Crippen molar-refractivity contribution in [3.8, 4) is 17.7 Å². The van der Waals surface area contributed by atoms with E-state index in [4.69, 9.17) is 16.3 Å². The van der Waals surface area contributed by atoms with Crippen LogP contribution in [0.4, 0.5) is 5.69 Å². The topological polar surface area (TPSA) is 92.6 Å². The van der Waals surface area contributed by atoms with Crippen molar-refractivity contribution in [1.82, 2.24) is 10.2 Å². The number of carboxylic acids is 1. The van der Waals surface area contributed by atoms with Gasteiger partial charge in [-0.25, -0.2) is 4.79 Å². The highest BCUT2D eigenvalue weighted by molar-refractivity contribution is 7.15. The molecule has 2 saturated carbocycles. The predicted molar refractivity (Wildman–Crippen MR) is 150 cm³/mol. The number of hydrogen-bond donors (Lipinski definition) is 1. The van der Waals surface area contributed by atoms with Crippen molar-refractivity contribution in [2.45, 2.75) is 91.2 Å². The van der Waals surface area contributed by atoms with E-state index < -0.39 is 5.97 Å². The van der Waals surface area contributed by atoms with Crippen LogP contribution in [0.5, 0.6) is 5.88 Å². The minimum Gasteiger partial charge on any atom is -0.477 e. The first-order valence-corrected chi connectivity index (χ1v) is 14.6. The van der Waals surface area contributed by atoms with E-state index >= 15 is 0 Å². The zero-order chi connectivity index (χ0) is 27.4. The van der Waals surface area contributed by atoms with Crippen molar-refractivity contribution in [2.75, 3.05) is 4.90 Å². The molecule has 2 aliphatic rings. The Balaban J connectivity index is 1.60. The van der Waals surface area contributed by atoms with Crippen LogP contribution in [-0.4, -0.2) is 39.3 Å². The molecule has 38 heavy (non-hydrogen) atoms. The third kappa shape index (κ3) is 7.27. The summed E-state index contributed by atoms with van der Waals surface area (Å²) in [6.07, 6.45) is 6.53. The Morgan fingerprint density at radius 2 is 1.76 bits per heavy atom. The first-order valence-electron chi connectivity index (χ1n) is 13.4. The van der Waals surface area contributed by atoms with E-state index in [9.17, 15) is 14.7 Å². The van der Waals surface area contributed by atoms with Gasteiger partial charge in [0.05, 0.1) is 10.6 Å². The number of anilines is 1. The molecule has 0 aromatic carbocycles. The predicted octanol–water partition coefficient (Wildman–Crippen LogP) is 6.84. The standard InChI is InChI=1S/C29H36ClN3O4S/c1-18-5-7-19(8-6-18)27(34)33(23-17-22(15-16-29(2,3)4)38-26(23)28(35)36)20-9-11-21(12-10-20)37-25-14-13-24(30)31-32-25/h13-14,17-21H,5-12H2,1-4H3,(H,35,36). The molecule has 0 unspecified atom stereocenters. The Morgan fingerprint density at radius 3 is 2.34 bits per heavy atom. The molecule has 204 valence electrons. The van der Waals surface area contributed by atoms with E-state index in [-0.39, 0.29) is 34.3 Å². The zero-order valence-electron chi connectivity index (χ0n) is 22.5. The molecule has 2 aliphatic carbocycles. The summed E-state index contributed by atoms with van der Waals surface area (Å²) in [5.41, 5.74) is 0.270. The quantitative estimate of drug-likeness (QED) is 0.391. The largest absolute Gasteiger partial charge is 0.477 e. The molecular weight excluding hydrogens is 522 g/mol. The van der Waals surface area contributed by atoms with Crippen LogP contribution in [0.15, 0.2) is 18.2 Å². The molecule has 7 nitrogen and oxygen atoms in total. The molecule has 2 aromatic rings. The van der Waals surface area contributed by atoms with Crippen molar-refractivity contribution in [2.24, 2.45) is 17.3 Å². The second kappa shape index (κ2) is 12.0. The van der Waals surface area contributed by atoms with Crippen LogP contribution in [-0.2, 0) is 4.79 Å². The molecular formula is C29H36ClN3O4S. The van der Waals surface area contributed by atoms with Crippen LogP contribution < -0.4 is 9.64 Å². The van der Waals surface area contributed by atoms with Crippen molar-refractivity contribution >= 4 is 40.5 Å². The van der Waals surface area contributed by atoms with Gasteiger partial charge in [0.2, 0.25) is 11.8 Å². The number of carboxylic acid groups (broad SMARTS) is 1. The summed E-state index contributed by atoms with van der Waals surface area (Å²) in [6.45, 7) is 8.28. The number of nitrogens with zero attached hydrogens (tertiary/aromatic N) is 3. The summed E-state index contributed by atoms with van der Waals surface area (Å²) < 4.78 is 6.02. The molecule has 9 heteroatoms. The normalized spacial score (nSPS) is 23.7. The number of carbonyl (C=O) groups is 2. The maximum absolute atomic E-state index is 14.0. The smallest absolute Gasteiger partial charge is 0.348 e. The van der Waals surface area contributed by atoms with E-state index in [1.54, 1.807) is 17.0 Å². The SMILES string of the molecule is CC1CCC(C(=O)N(c2cc(C#CC(C)(C)C)sc2C(=O)O)C2CCC(Oc3ccc(Cl)nn3)CC2)CC1. The second-order valence-electron chi connectivity index (χ2n) is 11.5. The van der Waals surface area contributed by atoms with Crippen LogP contribution in [0.1, 0.15) is 93.6 Å². The van der Waals surface area contributed by atoms with Crippen LogP contribution in [0.2, 0.25) is 5.15 Å². The number of rotatable bonds is 6. The van der Waals surface area contributed by atoms with Crippen molar-refractivity contribution < 1.29 is 19.4 Å². The van der Waals surface area contributed by atoms with Gasteiger partial charge in [-0.15, -0.1) is 21.5 Å². The van der Waals surface area contributed by atoms with Gasteiger partial charge in [-0.2, -0.15) is 0 Å². The third-order valence-corrected chi connectivity index (χ3v) is 8.46. The lowest BCUT2D eigenvalue weighted by Gasteiger charge is -2.39. The summed E-state index contributed by atoms with van der Waals surface area (Å²) in [7, 11) is 0. The highest BCUT2D eigenvalue weighted by Crippen LogP contribution is 2.39. The number of hydrogen-bond acceptors (Lipinski definition) is 6. The first kappa shape index (κ1) is 28.4. The second-order valence-corrected chi connectivity index (χ2v) is 13.0. The molecule has 0 aliphatic heterocycles. The molecule has 2 heterocycles. The number of ether oxygens (including phenoxy) is 1. The van der Waals surface area contributed by atoms with Gasteiger partial charge in [0.25, 0.3) is 0 Å². The van der Waals surface area contributed by atoms with Gasteiger partial charge in [0.15, 0.2) is 5.15 Å². The van der Waals surface area contributed by atoms with E-state index in [2.05, 4.69) is 29.0 Å². The molecule has 0 bridgehead atoms. The summed E-state index contributed by atoms with van der Waals surface area (Å²) >= 11 is 6.98. The molecule has 2 fully saturated rings. The number of halogens is 1. The van der Waals surface area contributed by atoms with Crippen LogP contribution in [0, 0.1) is 29.1 Å². The van der Waals surface area contributed by atoms with Gasteiger partial charge in [-0.3, -0.25) is 4.79 Å². The van der Waals surface area contributed by atoms with E-state index in [1.807, 2.05) is 26.8 Å². The molecule has 0 atom stereocenters. The average molecular weight is 558 g/mol. The number of aromatic nitrogens is 2. The van der Waals surface area contributed by atoms with Gasteiger partial charge in [-0.1, -0.05) is 30.4 Å². The molecule has 1 amide bonds. The number of aromatic carboxylic acids is 1. The zero-order valence-corrected chi connectivity index (χ0v) is 24.1. The highest BCUT2D eigenvalue weighted by atomic mass is 35.5. The van der Waals surface area contributed by atoms with Crippen LogP contribution >= 0.6 is 22.9 Å². The van der Waals surface area contributed by atoms with Crippen LogP contribution in [0.25, 0.3) is 0 Å². The van der Waals surface area contributed by atoms with Gasteiger partial charge in [0.1, 0.15) is 11.0 Å². The summed E-state index contributed by atoms with van der Waals surface area (Å²) in [5, 5.41) is 18.2. The maximum atomic E-state index is 14.0. The lowest BCUT2D eigenvalue weighted by atomic mass is 9.81. The van der Waals surface area contributed by atoms with Crippen molar-refractivity contribution in [1.29, 1.82) is 0 Å². The number of amides is 1. The number of carbonyl (C=O) groups excluding carboxylic acids is 1. The van der Waals surface area contributed by atoms with E-state index in [0.29, 0.717) is 40.4 Å². The molecule has 4 rings (SSSR count). The number of thiophene rings is 1. The van der Waals surface area contributed by atoms with Gasteiger partial charge >= 0.3 is 5.97 Å². The summed E-state index contributed by atoms with van der Waals surface area (Å²) in [4.78, 5) is 29.0. The van der Waals surface area contributed by atoms with Crippen molar-refractivity contribution in [3.63, 3.8) is 0 Å². The monoisotopic (exact) mass is 557 g/mol. The Morgan fingerprint density at radius 1 is 1.08 bits per heavy atom. The maximum Gasteiger partial charge on any atom is 0.348 e. The molecule has 0 radical (unpaired) electrons. The molecule has 0 saturated heterocycles. The Kier molecular flexibility index (Phi) is 9.00. The third-order valence-electron chi connectivity index (χ3n) is 7.23. The van der Waals surface area contributed by atoms with E-state index in [1.165, 1.54) is 0 Å². The van der Waals surface area contributed by atoms with Gasteiger partial charge in [-0.05, 0) is 90.2 Å². The fourth-order valence-electron chi connectivity index (χ4n) is 5.18. The fraction of sp³-hybridized carbons (Fsp3) is 0.586.